The number of rotatable bonds is 5. The second kappa shape index (κ2) is 7.94. The fourth-order valence-electron chi connectivity index (χ4n) is 3.80. The topological polar surface area (TPSA) is 91.6 Å². The van der Waals surface area contributed by atoms with Gasteiger partial charge in [0.25, 0.3) is 5.56 Å². The molecule has 1 saturated heterocycles. The first-order chi connectivity index (χ1) is 14.2. The lowest BCUT2D eigenvalue weighted by Crippen LogP contribution is -2.38. The minimum absolute atomic E-state index is 0.0541. The zero-order valence-electron chi connectivity index (χ0n) is 16.7. The average molecular weight is 397 g/mol. The molecule has 4 rings (SSSR count). The largest absolute Gasteiger partial charge is 0.493 e. The van der Waals surface area contributed by atoms with Gasteiger partial charge in [0, 0.05) is 31.5 Å². The van der Waals surface area contributed by atoms with Gasteiger partial charge in [-0.3, -0.25) is 9.36 Å². The van der Waals surface area contributed by atoms with E-state index in [2.05, 4.69) is 19.9 Å². The summed E-state index contributed by atoms with van der Waals surface area (Å²) in [6.45, 7) is 1.54. The molecule has 0 spiro atoms. The lowest BCUT2D eigenvalue weighted by Gasteiger charge is -2.32. The molecule has 0 N–H and O–H groups in total. The summed E-state index contributed by atoms with van der Waals surface area (Å²) >= 11 is 0. The van der Waals surface area contributed by atoms with Gasteiger partial charge >= 0.3 is 0 Å². The molecule has 0 atom stereocenters. The summed E-state index contributed by atoms with van der Waals surface area (Å²) in [5.74, 6) is 1.96. The standard InChI is InChI=1S/C20H23N5O4/c1-27-15-11-14-16(18(29-3)17(15)28-2)23-12-25(19(14)26)13-5-9-24(10-6-13)20-21-7-4-8-22-20/h4,7-8,11-13H,5-6,9-10H2,1-3H3. The van der Waals surface area contributed by atoms with Crippen molar-refractivity contribution >= 4 is 16.9 Å². The SMILES string of the molecule is COc1cc2c(=O)n(C3CCN(c4ncccn4)CC3)cnc2c(OC)c1OC. The third kappa shape index (κ3) is 3.32. The second-order valence-corrected chi connectivity index (χ2v) is 6.77. The van der Waals surface area contributed by atoms with Gasteiger partial charge in [-0.2, -0.15) is 0 Å². The van der Waals surface area contributed by atoms with Crippen LogP contribution in [0, 0.1) is 0 Å². The lowest BCUT2D eigenvalue weighted by molar-refractivity contribution is 0.326. The summed E-state index contributed by atoms with van der Waals surface area (Å²) in [4.78, 5) is 28.5. The van der Waals surface area contributed by atoms with Crippen LogP contribution in [0.4, 0.5) is 5.95 Å². The molecule has 2 aromatic heterocycles. The number of aromatic nitrogens is 4. The Morgan fingerprint density at radius 3 is 2.28 bits per heavy atom. The van der Waals surface area contributed by atoms with Gasteiger partial charge in [-0.1, -0.05) is 0 Å². The molecular formula is C20H23N5O4. The van der Waals surface area contributed by atoms with E-state index < -0.39 is 0 Å². The average Bonchev–Trinajstić information content (AvgIpc) is 2.79. The first-order valence-corrected chi connectivity index (χ1v) is 9.39. The number of nitrogens with zero attached hydrogens (tertiary/aromatic N) is 5. The van der Waals surface area contributed by atoms with Crippen LogP contribution in [-0.2, 0) is 0 Å². The van der Waals surface area contributed by atoms with Gasteiger partial charge in [0.1, 0.15) is 5.52 Å². The molecule has 1 aromatic carbocycles. The summed E-state index contributed by atoms with van der Waals surface area (Å²) < 4.78 is 17.9. The van der Waals surface area contributed by atoms with Crippen LogP contribution in [0.5, 0.6) is 17.2 Å². The third-order valence-corrected chi connectivity index (χ3v) is 5.27. The molecule has 9 heteroatoms. The van der Waals surface area contributed by atoms with Crippen molar-refractivity contribution in [1.29, 1.82) is 0 Å². The summed E-state index contributed by atoms with van der Waals surface area (Å²) in [6, 6.07) is 3.52. The van der Waals surface area contributed by atoms with Crippen LogP contribution in [0.25, 0.3) is 10.9 Å². The highest BCUT2D eigenvalue weighted by Crippen LogP contribution is 2.41. The predicted octanol–water partition coefficient (Wildman–Crippen LogP) is 2.05. The number of piperidine rings is 1. The van der Waals surface area contributed by atoms with Gasteiger partial charge < -0.3 is 19.1 Å². The molecule has 0 radical (unpaired) electrons. The Labute approximate surface area is 167 Å². The number of ether oxygens (including phenoxy) is 3. The van der Waals surface area contributed by atoms with Crippen molar-refractivity contribution in [3.63, 3.8) is 0 Å². The molecule has 29 heavy (non-hydrogen) atoms. The van der Waals surface area contributed by atoms with Gasteiger partial charge in [0.15, 0.2) is 11.5 Å². The highest BCUT2D eigenvalue weighted by molar-refractivity contribution is 5.89. The Morgan fingerprint density at radius 1 is 0.966 bits per heavy atom. The lowest BCUT2D eigenvalue weighted by atomic mass is 10.0. The Bertz CT molecular complexity index is 1060. The molecule has 1 aliphatic heterocycles. The van der Waals surface area contributed by atoms with E-state index in [0.29, 0.717) is 28.2 Å². The van der Waals surface area contributed by atoms with Crippen molar-refractivity contribution in [2.24, 2.45) is 0 Å². The molecule has 0 unspecified atom stereocenters. The van der Waals surface area contributed by atoms with Crippen LogP contribution in [-0.4, -0.2) is 53.9 Å². The van der Waals surface area contributed by atoms with Crippen molar-refractivity contribution in [2.45, 2.75) is 18.9 Å². The quantitative estimate of drug-likeness (QED) is 0.646. The molecule has 3 aromatic rings. The molecule has 1 fully saturated rings. The van der Waals surface area contributed by atoms with Crippen LogP contribution in [0.1, 0.15) is 18.9 Å². The van der Waals surface area contributed by atoms with Gasteiger partial charge in [-0.25, -0.2) is 15.0 Å². The van der Waals surface area contributed by atoms with Crippen LogP contribution in [0.15, 0.2) is 35.6 Å². The van der Waals surface area contributed by atoms with Gasteiger partial charge in [-0.05, 0) is 25.0 Å². The summed E-state index contributed by atoms with van der Waals surface area (Å²) in [5.41, 5.74) is 0.338. The number of fused-ring (bicyclic) bond motifs is 1. The molecule has 0 aliphatic carbocycles. The maximum atomic E-state index is 13.2. The Balaban J connectivity index is 1.67. The maximum absolute atomic E-state index is 13.2. The number of hydrogen-bond donors (Lipinski definition) is 0. The molecule has 0 bridgehead atoms. The molecule has 0 saturated carbocycles. The van der Waals surface area contributed by atoms with Crippen molar-refractivity contribution in [1.82, 2.24) is 19.5 Å². The molecule has 9 nitrogen and oxygen atoms in total. The van der Waals surface area contributed by atoms with Crippen LogP contribution in [0.2, 0.25) is 0 Å². The van der Waals surface area contributed by atoms with Gasteiger partial charge in [-0.15, -0.1) is 0 Å². The number of methoxy groups -OCH3 is 3. The fraction of sp³-hybridized carbons (Fsp3) is 0.400. The summed E-state index contributed by atoms with van der Waals surface area (Å²) in [7, 11) is 4.57. The predicted molar refractivity (Wildman–Crippen MR) is 108 cm³/mol. The fourth-order valence-corrected chi connectivity index (χ4v) is 3.80. The van der Waals surface area contributed by atoms with Crippen LogP contribution in [0.3, 0.4) is 0 Å². The Morgan fingerprint density at radius 2 is 1.66 bits per heavy atom. The van der Waals surface area contributed by atoms with Crippen molar-refractivity contribution in [3.05, 3.63) is 41.2 Å². The van der Waals surface area contributed by atoms with Crippen molar-refractivity contribution in [2.75, 3.05) is 39.3 Å². The summed E-state index contributed by atoms with van der Waals surface area (Å²) in [5, 5.41) is 0.441. The monoisotopic (exact) mass is 397 g/mol. The minimum atomic E-state index is -0.122. The van der Waals surface area contributed by atoms with E-state index in [-0.39, 0.29) is 11.6 Å². The van der Waals surface area contributed by atoms with E-state index in [9.17, 15) is 4.79 Å². The Hall–Kier alpha value is -3.36. The molecule has 152 valence electrons. The molecule has 3 heterocycles. The van der Waals surface area contributed by atoms with E-state index in [4.69, 9.17) is 14.2 Å². The zero-order valence-corrected chi connectivity index (χ0v) is 16.7. The smallest absolute Gasteiger partial charge is 0.261 e. The molecular weight excluding hydrogens is 374 g/mol. The van der Waals surface area contributed by atoms with Crippen molar-refractivity contribution in [3.8, 4) is 17.2 Å². The second-order valence-electron chi connectivity index (χ2n) is 6.77. The van der Waals surface area contributed by atoms with Crippen LogP contribution >= 0.6 is 0 Å². The first-order valence-electron chi connectivity index (χ1n) is 9.39. The third-order valence-electron chi connectivity index (χ3n) is 5.27. The number of hydrogen-bond acceptors (Lipinski definition) is 8. The number of anilines is 1. The highest BCUT2D eigenvalue weighted by atomic mass is 16.5. The maximum Gasteiger partial charge on any atom is 0.261 e. The Kier molecular flexibility index (Phi) is 5.20. The zero-order chi connectivity index (χ0) is 20.4. The van der Waals surface area contributed by atoms with E-state index in [0.717, 1.165) is 31.9 Å². The minimum Gasteiger partial charge on any atom is -0.493 e. The van der Waals surface area contributed by atoms with Crippen LogP contribution < -0.4 is 24.7 Å². The molecule has 1 aliphatic rings. The van der Waals surface area contributed by atoms with Gasteiger partial charge in [0.05, 0.1) is 33.0 Å². The van der Waals surface area contributed by atoms with Gasteiger partial charge in [0.2, 0.25) is 11.7 Å². The normalized spacial score (nSPS) is 14.8. The van der Waals surface area contributed by atoms with E-state index in [1.54, 1.807) is 35.4 Å². The van der Waals surface area contributed by atoms with E-state index >= 15 is 0 Å². The number of benzene rings is 1. The van der Waals surface area contributed by atoms with E-state index in [1.807, 2.05) is 0 Å². The molecule has 0 amide bonds. The highest BCUT2D eigenvalue weighted by Gasteiger charge is 2.25. The first kappa shape index (κ1) is 19.0. The summed E-state index contributed by atoms with van der Waals surface area (Å²) in [6.07, 6.45) is 6.67. The van der Waals surface area contributed by atoms with Crippen molar-refractivity contribution < 1.29 is 14.2 Å². The van der Waals surface area contributed by atoms with E-state index in [1.165, 1.54) is 21.3 Å².